The summed E-state index contributed by atoms with van der Waals surface area (Å²) in [5.74, 6) is -0.338. The molecular formula is C30H26N4O3. The second-order valence-corrected chi connectivity index (χ2v) is 8.48. The van der Waals surface area contributed by atoms with Crippen molar-refractivity contribution in [2.45, 2.75) is 20.4 Å². The van der Waals surface area contributed by atoms with Crippen LogP contribution >= 0.6 is 0 Å². The summed E-state index contributed by atoms with van der Waals surface area (Å²) in [6.45, 7) is 4.45. The molecule has 7 nitrogen and oxygen atoms in total. The number of fused-ring (bicyclic) bond motifs is 1. The van der Waals surface area contributed by atoms with Gasteiger partial charge >= 0.3 is 5.97 Å². The topological polar surface area (TPSA) is 86.1 Å². The van der Waals surface area contributed by atoms with E-state index in [4.69, 9.17) is 4.74 Å². The van der Waals surface area contributed by atoms with Crippen LogP contribution in [0.3, 0.4) is 0 Å². The molecule has 2 heterocycles. The number of carbonyl (C=O) groups excluding carboxylic acids is 1. The van der Waals surface area contributed by atoms with Gasteiger partial charge in [0, 0.05) is 29.1 Å². The lowest BCUT2D eigenvalue weighted by Gasteiger charge is -2.13. The van der Waals surface area contributed by atoms with Gasteiger partial charge in [0.2, 0.25) is 0 Å². The van der Waals surface area contributed by atoms with Gasteiger partial charge in [0.1, 0.15) is 5.69 Å². The van der Waals surface area contributed by atoms with E-state index in [9.17, 15) is 9.59 Å². The van der Waals surface area contributed by atoms with Gasteiger partial charge in [0.05, 0.1) is 29.7 Å². The molecule has 0 aliphatic heterocycles. The van der Waals surface area contributed by atoms with Crippen LogP contribution < -0.4 is 10.9 Å². The van der Waals surface area contributed by atoms with Gasteiger partial charge < -0.3 is 10.1 Å². The van der Waals surface area contributed by atoms with Crippen LogP contribution in [-0.2, 0) is 11.3 Å². The summed E-state index contributed by atoms with van der Waals surface area (Å²) in [5, 5.41) is 9.86. The van der Waals surface area contributed by atoms with Crippen LogP contribution in [0.25, 0.3) is 33.2 Å². The number of hydrogen-bond donors (Lipinski definition) is 1. The molecule has 0 amide bonds. The molecule has 0 bridgehead atoms. The summed E-state index contributed by atoms with van der Waals surface area (Å²) in [6, 6.07) is 24.9. The average molecular weight is 491 g/mol. The van der Waals surface area contributed by atoms with Gasteiger partial charge in [-0.3, -0.25) is 9.78 Å². The lowest BCUT2D eigenvalue weighted by molar-refractivity contribution is 0.0526. The molecule has 37 heavy (non-hydrogen) atoms. The second-order valence-electron chi connectivity index (χ2n) is 8.48. The molecule has 0 aliphatic rings. The molecule has 0 fully saturated rings. The van der Waals surface area contributed by atoms with Gasteiger partial charge in [-0.15, -0.1) is 0 Å². The first-order valence-electron chi connectivity index (χ1n) is 12.2. The predicted molar refractivity (Wildman–Crippen MR) is 146 cm³/mol. The zero-order chi connectivity index (χ0) is 25.8. The number of pyridine rings is 1. The van der Waals surface area contributed by atoms with E-state index >= 15 is 0 Å². The Hall–Kier alpha value is -4.78. The van der Waals surface area contributed by atoms with E-state index in [0.29, 0.717) is 30.1 Å². The molecule has 0 saturated heterocycles. The number of carbonyl (C=O) groups is 1. The Kier molecular flexibility index (Phi) is 6.76. The number of benzene rings is 3. The van der Waals surface area contributed by atoms with Crippen LogP contribution in [0.15, 0.2) is 96.1 Å². The summed E-state index contributed by atoms with van der Waals surface area (Å²) < 4.78 is 6.53. The lowest BCUT2D eigenvalue weighted by atomic mass is 10.0. The van der Waals surface area contributed by atoms with Crippen molar-refractivity contribution in [3.8, 4) is 22.4 Å². The summed E-state index contributed by atoms with van der Waals surface area (Å²) >= 11 is 0. The molecule has 0 saturated carbocycles. The van der Waals surface area contributed by atoms with E-state index in [1.54, 1.807) is 37.5 Å². The van der Waals surface area contributed by atoms with E-state index in [-0.39, 0.29) is 11.5 Å². The molecule has 0 aliphatic carbocycles. The highest BCUT2D eigenvalue weighted by molar-refractivity contribution is 5.94. The molecule has 0 spiro atoms. The van der Waals surface area contributed by atoms with Crippen LogP contribution in [0.1, 0.15) is 24.2 Å². The number of nitrogens with zero attached hydrogens (tertiary/aromatic N) is 3. The van der Waals surface area contributed by atoms with Crippen molar-refractivity contribution in [2.24, 2.45) is 0 Å². The van der Waals surface area contributed by atoms with Crippen molar-refractivity contribution < 1.29 is 9.53 Å². The monoisotopic (exact) mass is 490 g/mol. The molecule has 5 aromatic rings. The minimum absolute atomic E-state index is 0.204. The van der Waals surface area contributed by atoms with Crippen molar-refractivity contribution in [3.05, 3.63) is 107 Å². The second kappa shape index (κ2) is 10.5. The maximum Gasteiger partial charge on any atom is 0.338 e. The Labute approximate surface area is 214 Å². The van der Waals surface area contributed by atoms with Gasteiger partial charge in [-0.25, -0.2) is 9.48 Å². The normalized spacial score (nSPS) is 10.9. The van der Waals surface area contributed by atoms with Gasteiger partial charge in [-0.2, -0.15) is 5.10 Å². The minimum Gasteiger partial charge on any atom is -0.462 e. The standard InChI is InChI=1S/C30H26N4O3/c1-3-34-29(35)27(32-28-19-31-18-24-8-5-6-11-25(24)28)17-26(33-34)23-10-7-9-22(16-23)20-12-14-21(15-13-20)30(36)37-4-2/h5-19,32H,3-4H2,1-2H3. The maximum absolute atomic E-state index is 13.1. The third-order valence-corrected chi connectivity index (χ3v) is 6.10. The van der Waals surface area contributed by atoms with Crippen molar-refractivity contribution in [3.63, 3.8) is 0 Å². The number of rotatable bonds is 7. The summed E-state index contributed by atoms with van der Waals surface area (Å²) in [5.41, 5.74) is 4.95. The van der Waals surface area contributed by atoms with Crippen LogP contribution in [0, 0.1) is 0 Å². The molecule has 2 aromatic heterocycles. The molecule has 5 rings (SSSR count). The molecule has 0 radical (unpaired) electrons. The van der Waals surface area contributed by atoms with E-state index in [1.807, 2.05) is 67.6 Å². The largest absolute Gasteiger partial charge is 0.462 e. The number of anilines is 2. The first kappa shape index (κ1) is 23.9. The highest BCUT2D eigenvalue weighted by Crippen LogP contribution is 2.28. The Bertz CT molecular complexity index is 1640. The molecule has 0 atom stereocenters. The van der Waals surface area contributed by atoms with E-state index in [2.05, 4.69) is 15.4 Å². The van der Waals surface area contributed by atoms with Crippen LogP contribution in [0.4, 0.5) is 11.4 Å². The first-order chi connectivity index (χ1) is 18.1. The smallest absolute Gasteiger partial charge is 0.338 e. The van der Waals surface area contributed by atoms with Crippen molar-refractivity contribution in [1.82, 2.24) is 14.8 Å². The fourth-order valence-corrected chi connectivity index (χ4v) is 4.22. The summed E-state index contributed by atoms with van der Waals surface area (Å²) in [6.07, 6.45) is 3.52. The number of ether oxygens (including phenoxy) is 1. The van der Waals surface area contributed by atoms with Crippen LogP contribution in [0.5, 0.6) is 0 Å². The highest BCUT2D eigenvalue weighted by atomic mass is 16.5. The number of esters is 1. The number of nitrogens with one attached hydrogen (secondary N) is 1. The van der Waals surface area contributed by atoms with Gasteiger partial charge in [0.15, 0.2) is 0 Å². The minimum atomic E-state index is -0.338. The van der Waals surface area contributed by atoms with Crippen molar-refractivity contribution in [1.29, 1.82) is 0 Å². The third-order valence-electron chi connectivity index (χ3n) is 6.10. The van der Waals surface area contributed by atoms with Gasteiger partial charge in [-0.05, 0) is 49.2 Å². The molecule has 7 heteroatoms. The predicted octanol–water partition coefficient (Wildman–Crippen LogP) is 6.07. The Morgan fingerprint density at radius 1 is 0.865 bits per heavy atom. The first-order valence-corrected chi connectivity index (χ1v) is 12.2. The molecule has 0 unspecified atom stereocenters. The number of aromatic nitrogens is 3. The average Bonchev–Trinajstić information content (AvgIpc) is 2.94. The van der Waals surface area contributed by atoms with E-state index in [1.165, 1.54) is 4.68 Å². The maximum atomic E-state index is 13.1. The molecular weight excluding hydrogens is 464 g/mol. The van der Waals surface area contributed by atoms with Crippen molar-refractivity contribution >= 4 is 28.1 Å². The quantitative estimate of drug-likeness (QED) is 0.279. The van der Waals surface area contributed by atoms with Gasteiger partial charge in [0.25, 0.3) is 5.56 Å². The summed E-state index contributed by atoms with van der Waals surface area (Å²) in [4.78, 5) is 29.4. The Morgan fingerprint density at radius 3 is 2.43 bits per heavy atom. The third kappa shape index (κ3) is 4.97. The fourth-order valence-electron chi connectivity index (χ4n) is 4.22. The summed E-state index contributed by atoms with van der Waals surface area (Å²) in [7, 11) is 0. The van der Waals surface area contributed by atoms with Gasteiger partial charge in [-0.1, -0.05) is 54.6 Å². The number of hydrogen-bond acceptors (Lipinski definition) is 6. The molecule has 3 aromatic carbocycles. The number of aryl methyl sites for hydroxylation is 1. The van der Waals surface area contributed by atoms with Crippen molar-refractivity contribution in [2.75, 3.05) is 11.9 Å². The highest BCUT2D eigenvalue weighted by Gasteiger charge is 2.13. The molecule has 1 N–H and O–H groups in total. The lowest BCUT2D eigenvalue weighted by Crippen LogP contribution is -2.24. The Balaban J connectivity index is 1.51. The zero-order valence-electron chi connectivity index (χ0n) is 20.6. The van der Waals surface area contributed by atoms with E-state index in [0.717, 1.165) is 33.2 Å². The van der Waals surface area contributed by atoms with E-state index < -0.39 is 0 Å². The van der Waals surface area contributed by atoms with Crippen LogP contribution in [-0.4, -0.2) is 27.3 Å². The zero-order valence-corrected chi connectivity index (χ0v) is 20.6. The molecule has 184 valence electrons. The fraction of sp³-hybridized carbons (Fsp3) is 0.133. The SMILES string of the molecule is CCOC(=O)c1ccc(-c2cccc(-c3cc(Nc4cncc5ccccc45)c(=O)n(CC)n3)c2)cc1. The Morgan fingerprint density at radius 2 is 1.65 bits per heavy atom. The van der Waals surface area contributed by atoms with Crippen LogP contribution in [0.2, 0.25) is 0 Å².